The van der Waals surface area contributed by atoms with Crippen molar-refractivity contribution in [1.29, 1.82) is 0 Å². The summed E-state index contributed by atoms with van der Waals surface area (Å²) in [5, 5.41) is 17.0. The summed E-state index contributed by atoms with van der Waals surface area (Å²) < 4.78 is 6.58. The zero-order valence-corrected chi connectivity index (χ0v) is 13.5. The summed E-state index contributed by atoms with van der Waals surface area (Å²) in [5.41, 5.74) is 1.43. The maximum Gasteiger partial charge on any atom is 0.372 e. The molecule has 0 saturated heterocycles. The van der Waals surface area contributed by atoms with Crippen LogP contribution < -0.4 is 15.4 Å². The number of benzene rings is 1. The summed E-state index contributed by atoms with van der Waals surface area (Å²) in [6.45, 7) is 1.38. The molecule has 2 heterocycles. The molecule has 128 valence electrons. The van der Waals surface area contributed by atoms with E-state index in [0.29, 0.717) is 22.8 Å². The molecule has 0 radical (unpaired) electrons. The van der Waals surface area contributed by atoms with Gasteiger partial charge in [0.15, 0.2) is 0 Å². The van der Waals surface area contributed by atoms with E-state index in [0.717, 1.165) is 0 Å². The Morgan fingerprint density at radius 3 is 2.80 bits per heavy atom. The average Bonchev–Trinajstić information content (AvgIpc) is 2.92. The number of nitro groups is 1. The van der Waals surface area contributed by atoms with Crippen LogP contribution in [0.4, 0.5) is 23.0 Å². The molecule has 0 saturated carbocycles. The highest BCUT2D eigenvalue weighted by Gasteiger charge is 2.22. The third-order valence-electron chi connectivity index (χ3n) is 3.45. The van der Waals surface area contributed by atoms with Crippen molar-refractivity contribution in [2.75, 3.05) is 17.7 Å². The van der Waals surface area contributed by atoms with E-state index in [-0.39, 0.29) is 17.5 Å². The van der Waals surface area contributed by atoms with E-state index in [2.05, 4.69) is 15.6 Å². The summed E-state index contributed by atoms with van der Waals surface area (Å²) in [5.74, 6) is 0.155. The molecule has 1 amide bonds. The van der Waals surface area contributed by atoms with Crippen LogP contribution in [0.2, 0.25) is 0 Å². The van der Waals surface area contributed by atoms with Crippen LogP contribution in [0.15, 0.2) is 42.6 Å². The summed E-state index contributed by atoms with van der Waals surface area (Å²) in [6, 6.07) is 10.1. The normalized spacial score (nSPS) is 10.5. The molecule has 0 fully saturated rings. The molecule has 1 aromatic carbocycles. The first kappa shape index (κ1) is 16.2. The minimum atomic E-state index is -0.499. The zero-order chi connectivity index (χ0) is 18.0. The molecule has 0 unspecified atom stereocenters. The van der Waals surface area contributed by atoms with Crippen molar-refractivity contribution in [1.82, 2.24) is 9.38 Å². The second-order valence-corrected chi connectivity index (χ2v) is 5.19. The van der Waals surface area contributed by atoms with Crippen molar-refractivity contribution >= 4 is 34.6 Å². The molecular weight excluding hydrogens is 326 g/mol. The number of imidazole rings is 1. The maximum absolute atomic E-state index is 11.4. The molecule has 9 nitrogen and oxygen atoms in total. The molecule has 0 spiro atoms. The van der Waals surface area contributed by atoms with Gasteiger partial charge < -0.3 is 25.5 Å². The van der Waals surface area contributed by atoms with Crippen LogP contribution in [0.3, 0.4) is 0 Å². The highest BCUT2D eigenvalue weighted by atomic mass is 16.6. The Labute approximate surface area is 142 Å². The van der Waals surface area contributed by atoms with Gasteiger partial charge in [-0.15, -0.1) is 0 Å². The van der Waals surface area contributed by atoms with Gasteiger partial charge in [-0.25, -0.2) is 0 Å². The number of hydrogen-bond acceptors (Lipinski definition) is 6. The predicted molar refractivity (Wildman–Crippen MR) is 92.4 cm³/mol. The molecule has 0 bridgehead atoms. The van der Waals surface area contributed by atoms with E-state index in [1.54, 1.807) is 42.6 Å². The van der Waals surface area contributed by atoms with Gasteiger partial charge in [-0.3, -0.25) is 4.79 Å². The van der Waals surface area contributed by atoms with Crippen LogP contribution >= 0.6 is 0 Å². The molecule has 0 aliphatic rings. The van der Waals surface area contributed by atoms with Crippen molar-refractivity contribution in [3.8, 4) is 5.75 Å². The lowest BCUT2D eigenvalue weighted by atomic mass is 10.2. The molecule has 0 atom stereocenters. The highest BCUT2D eigenvalue weighted by molar-refractivity contribution is 5.91. The first-order valence-electron chi connectivity index (χ1n) is 7.33. The number of aromatic nitrogens is 2. The van der Waals surface area contributed by atoms with E-state index < -0.39 is 4.92 Å². The Hall–Kier alpha value is -3.62. The molecule has 0 aliphatic carbocycles. The Bertz CT molecular complexity index is 966. The van der Waals surface area contributed by atoms with E-state index in [1.165, 1.54) is 18.4 Å². The lowest BCUT2D eigenvalue weighted by Crippen LogP contribution is -2.07. The van der Waals surface area contributed by atoms with Crippen molar-refractivity contribution in [2.24, 2.45) is 0 Å². The Morgan fingerprint density at radius 1 is 1.32 bits per heavy atom. The number of anilines is 3. The van der Waals surface area contributed by atoms with Crippen LogP contribution in [0.5, 0.6) is 5.75 Å². The van der Waals surface area contributed by atoms with E-state index in [4.69, 9.17) is 4.74 Å². The first-order chi connectivity index (χ1) is 12.0. The second kappa shape index (κ2) is 6.48. The summed E-state index contributed by atoms with van der Waals surface area (Å²) in [6.07, 6.45) is 1.57. The number of ether oxygens (including phenoxy) is 1. The highest BCUT2D eigenvalue weighted by Crippen LogP contribution is 2.32. The van der Waals surface area contributed by atoms with Crippen LogP contribution in [0, 0.1) is 10.1 Å². The molecule has 0 aliphatic heterocycles. The predicted octanol–water partition coefficient (Wildman–Crippen LogP) is 2.95. The molecule has 2 aromatic heterocycles. The summed E-state index contributed by atoms with van der Waals surface area (Å²) in [4.78, 5) is 26.5. The quantitative estimate of drug-likeness (QED) is 0.545. The lowest BCUT2D eigenvalue weighted by molar-refractivity contribution is -0.389. The van der Waals surface area contributed by atoms with Crippen molar-refractivity contribution in [2.45, 2.75) is 6.92 Å². The fourth-order valence-corrected chi connectivity index (χ4v) is 2.45. The van der Waals surface area contributed by atoms with Gasteiger partial charge in [0.05, 0.1) is 19.0 Å². The second-order valence-electron chi connectivity index (χ2n) is 5.19. The first-order valence-corrected chi connectivity index (χ1v) is 7.33. The molecule has 3 aromatic rings. The van der Waals surface area contributed by atoms with E-state index in [9.17, 15) is 14.9 Å². The Kier molecular flexibility index (Phi) is 4.21. The average molecular weight is 341 g/mol. The molecule has 25 heavy (non-hydrogen) atoms. The van der Waals surface area contributed by atoms with Gasteiger partial charge in [-0.05, 0) is 29.2 Å². The van der Waals surface area contributed by atoms with Gasteiger partial charge in [-0.1, -0.05) is 6.07 Å². The van der Waals surface area contributed by atoms with Crippen molar-refractivity contribution in [3.63, 3.8) is 0 Å². The number of methoxy groups -OCH3 is 1. The number of pyridine rings is 1. The zero-order valence-electron chi connectivity index (χ0n) is 13.5. The monoisotopic (exact) mass is 341 g/mol. The standard InChI is InChI=1S/C16H15N5O4/c1-10(22)17-12-9-11(6-7-13(12)25-2)18-15-16(21(23)24)20-8-4-3-5-14(20)19-15/h3-9,18H,1-2H3,(H,17,22). The van der Waals surface area contributed by atoms with Crippen molar-refractivity contribution in [3.05, 3.63) is 52.7 Å². The number of rotatable bonds is 5. The Balaban J connectivity index is 2.02. The van der Waals surface area contributed by atoms with Gasteiger partial charge in [0.1, 0.15) is 5.75 Å². The summed E-state index contributed by atoms with van der Waals surface area (Å²) >= 11 is 0. The van der Waals surface area contributed by atoms with Crippen LogP contribution in [0.25, 0.3) is 5.65 Å². The summed E-state index contributed by atoms with van der Waals surface area (Å²) in [7, 11) is 1.49. The van der Waals surface area contributed by atoms with Crippen LogP contribution in [-0.4, -0.2) is 27.3 Å². The SMILES string of the molecule is COc1ccc(Nc2nc3ccccn3c2[N+](=O)[O-])cc1NC(C)=O. The number of amides is 1. The fraction of sp³-hybridized carbons (Fsp3) is 0.125. The molecular formula is C16H15N5O4. The minimum Gasteiger partial charge on any atom is -0.495 e. The number of carbonyl (C=O) groups excluding carboxylic acids is 1. The maximum atomic E-state index is 11.4. The third kappa shape index (κ3) is 3.20. The van der Waals surface area contributed by atoms with Gasteiger partial charge in [0, 0.05) is 18.7 Å². The van der Waals surface area contributed by atoms with E-state index >= 15 is 0 Å². The number of hydrogen-bond donors (Lipinski definition) is 2. The van der Waals surface area contributed by atoms with Crippen LogP contribution in [-0.2, 0) is 4.79 Å². The topological polar surface area (TPSA) is 111 Å². The number of nitrogens with one attached hydrogen (secondary N) is 2. The minimum absolute atomic E-state index is 0.107. The third-order valence-corrected chi connectivity index (χ3v) is 3.45. The fourth-order valence-electron chi connectivity index (χ4n) is 2.45. The number of carbonyl (C=O) groups is 1. The molecule has 3 rings (SSSR count). The largest absolute Gasteiger partial charge is 0.495 e. The Morgan fingerprint density at radius 2 is 2.12 bits per heavy atom. The van der Waals surface area contributed by atoms with Gasteiger partial charge in [0.2, 0.25) is 17.4 Å². The molecule has 2 N–H and O–H groups in total. The number of fused-ring (bicyclic) bond motifs is 1. The van der Waals surface area contributed by atoms with Gasteiger partial charge in [0.25, 0.3) is 0 Å². The molecule has 9 heteroatoms. The lowest BCUT2D eigenvalue weighted by Gasteiger charge is -2.11. The van der Waals surface area contributed by atoms with Gasteiger partial charge >= 0.3 is 5.82 Å². The van der Waals surface area contributed by atoms with Gasteiger partial charge in [-0.2, -0.15) is 9.38 Å². The van der Waals surface area contributed by atoms with Crippen molar-refractivity contribution < 1.29 is 14.5 Å². The smallest absolute Gasteiger partial charge is 0.372 e. The van der Waals surface area contributed by atoms with Crippen LogP contribution in [0.1, 0.15) is 6.92 Å². The van der Waals surface area contributed by atoms with E-state index in [1.807, 2.05) is 0 Å². The number of nitrogens with zero attached hydrogens (tertiary/aromatic N) is 3.